The van der Waals surface area contributed by atoms with Gasteiger partial charge in [-0.2, -0.15) is 0 Å². The van der Waals surface area contributed by atoms with Gasteiger partial charge in [0.05, 0.1) is 13.2 Å². The van der Waals surface area contributed by atoms with E-state index in [0.29, 0.717) is 19.5 Å². The van der Waals surface area contributed by atoms with Crippen molar-refractivity contribution < 1.29 is 14.3 Å². The monoisotopic (exact) mass is 241 g/mol. The summed E-state index contributed by atoms with van der Waals surface area (Å²) in [5, 5.41) is 7.91. The highest BCUT2D eigenvalue weighted by Gasteiger charge is 2.05. The van der Waals surface area contributed by atoms with Gasteiger partial charge in [0.15, 0.2) is 0 Å². The second-order valence-electron chi connectivity index (χ2n) is 3.74. The van der Waals surface area contributed by atoms with Crippen molar-refractivity contribution in [1.82, 2.24) is 16.0 Å². The van der Waals surface area contributed by atoms with Crippen molar-refractivity contribution in [2.45, 2.75) is 19.3 Å². The second kappa shape index (κ2) is 8.58. The molecule has 1 saturated heterocycles. The van der Waals surface area contributed by atoms with Crippen LogP contribution in [0.4, 0.5) is 4.79 Å². The van der Waals surface area contributed by atoms with Gasteiger partial charge in [-0.1, -0.05) is 0 Å². The van der Waals surface area contributed by atoms with E-state index in [4.69, 9.17) is 4.74 Å². The molecule has 0 aliphatic carbocycles. The summed E-state index contributed by atoms with van der Waals surface area (Å²) in [5.74, 6) is 0. The van der Waals surface area contributed by atoms with Crippen LogP contribution < -0.4 is 16.0 Å². The predicted molar refractivity (Wildman–Crippen MR) is 63.4 cm³/mol. The van der Waals surface area contributed by atoms with Gasteiger partial charge >= 0.3 is 6.03 Å². The number of carbonyl (C=O) groups excluding carboxylic acids is 2. The summed E-state index contributed by atoms with van der Waals surface area (Å²) < 4.78 is 5.20. The van der Waals surface area contributed by atoms with Crippen molar-refractivity contribution in [2.24, 2.45) is 0 Å². The molecule has 0 radical (unpaired) electrons. The third-order valence-corrected chi connectivity index (χ3v) is 2.41. The molecule has 0 unspecified atom stereocenters. The van der Waals surface area contributed by atoms with E-state index >= 15 is 0 Å². The van der Waals surface area contributed by atoms with Crippen LogP contribution in [0.2, 0.25) is 0 Å². The van der Waals surface area contributed by atoms with Gasteiger partial charge in [-0.15, -0.1) is 0 Å². The normalized spacial score (nSPS) is 14.9. The zero-order chi connectivity index (χ0) is 12.3. The highest BCUT2D eigenvalue weighted by Crippen LogP contribution is 2.11. The largest absolute Gasteiger partial charge is 0.381 e. The predicted octanol–water partition coefficient (Wildman–Crippen LogP) is 0.116. The van der Waals surface area contributed by atoms with E-state index < -0.39 is 0 Å². The van der Waals surface area contributed by atoms with Crippen molar-refractivity contribution in [3.63, 3.8) is 0 Å². The summed E-state index contributed by atoms with van der Waals surface area (Å²) in [6.45, 7) is 2.57. The molecular formula is C11H19N3O3. The van der Waals surface area contributed by atoms with Gasteiger partial charge in [-0.25, -0.2) is 4.79 Å². The quantitative estimate of drug-likeness (QED) is 0.456. The summed E-state index contributed by atoms with van der Waals surface area (Å²) in [7, 11) is 0. The van der Waals surface area contributed by atoms with Crippen LogP contribution in [0.25, 0.3) is 0 Å². The smallest absolute Gasteiger partial charge is 0.318 e. The molecule has 3 amide bonds. The lowest BCUT2D eigenvalue weighted by atomic mass is 10.1. The van der Waals surface area contributed by atoms with Crippen LogP contribution in [0.15, 0.2) is 11.8 Å². The van der Waals surface area contributed by atoms with Gasteiger partial charge in [0, 0.05) is 19.3 Å². The molecule has 6 heteroatoms. The van der Waals surface area contributed by atoms with E-state index in [2.05, 4.69) is 16.0 Å². The lowest BCUT2D eigenvalue weighted by Crippen LogP contribution is -2.34. The molecule has 0 saturated carbocycles. The minimum absolute atomic E-state index is 0.213. The fourth-order valence-electron chi connectivity index (χ4n) is 1.45. The first kappa shape index (κ1) is 13.5. The number of nitrogens with one attached hydrogen (secondary N) is 3. The van der Waals surface area contributed by atoms with E-state index in [1.54, 1.807) is 6.20 Å². The minimum atomic E-state index is -0.213. The Balaban J connectivity index is 2.05. The Morgan fingerprint density at radius 1 is 1.29 bits per heavy atom. The minimum Gasteiger partial charge on any atom is -0.381 e. The number of amides is 3. The zero-order valence-electron chi connectivity index (χ0n) is 9.83. The van der Waals surface area contributed by atoms with Crippen LogP contribution >= 0.6 is 0 Å². The Hall–Kier alpha value is -1.56. The molecule has 1 heterocycles. The first-order valence-corrected chi connectivity index (χ1v) is 5.80. The van der Waals surface area contributed by atoms with E-state index in [1.165, 1.54) is 5.57 Å². The molecule has 17 heavy (non-hydrogen) atoms. The second-order valence-corrected chi connectivity index (χ2v) is 3.74. The van der Waals surface area contributed by atoms with Gasteiger partial charge in [-0.3, -0.25) is 4.79 Å². The van der Waals surface area contributed by atoms with Crippen LogP contribution in [0.5, 0.6) is 0 Å². The van der Waals surface area contributed by atoms with Gasteiger partial charge in [0.25, 0.3) is 0 Å². The number of carbonyl (C=O) groups is 2. The van der Waals surface area contributed by atoms with Gasteiger partial charge in [0.1, 0.15) is 0 Å². The third-order valence-electron chi connectivity index (χ3n) is 2.41. The molecule has 0 atom stereocenters. The van der Waals surface area contributed by atoms with E-state index in [0.717, 1.165) is 32.5 Å². The topological polar surface area (TPSA) is 79.5 Å². The highest BCUT2D eigenvalue weighted by molar-refractivity contribution is 5.74. The average molecular weight is 241 g/mol. The maximum absolute atomic E-state index is 11.3. The Kier molecular flexibility index (Phi) is 6.81. The van der Waals surface area contributed by atoms with Crippen LogP contribution in [0.3, 0.4) is 0 Å². The molecule has 0 aromatic carbocycles. The van der Waals surface area contributed by atoms with Crippen molar-refractivity contribution in [1.29, 1.82) is 0 Å². The van der Waals surface area contributed by atoms with E-state index in [9.17, 15) is 9.59 Å². The maximum atomic E-state index is 11.3. The van der Waals surface area contributed by atoms with Crippen molar-refractivity contribution >= 4 is 12.4 Å². The maximum Gasteiger partial charge on any atom is 0.318 e. The number of rotatable bonds is 6. The third kappa shape index (κ3) is 6.57. The number of ether oxygens (including phenoxy) is 1. The molecule has 0 bridgehead atoms. The van der Waals surface area contributed by atoms with Gasteiger partial charge in [-0.05, 0) is 24.8 Å². The summed E-state index contributed by atoms with van der Waals surface area (Å²) in [6, 6.07) is -0.213. The first-order valence-electron chi connectivity index (χ1n) is 5.80. The summed E-state index contributed by atoms with van der Waals surface area (Å²) >= 11 is 0. The lowest BCUT2D eigenvalue weighted by molar-refractivity contribution is -0.109. The Morgan fingerprint density at radius 2 is 2.06 bits per heavy atom. The van der Waals surface area contributed by atoms with E-state index in [1.807, 2.05) is 0 Å². The van der Waals surface area contributed by atoms with Gasteiger partial charge in [0.2, 0.25) is 6.41 Å². The molecule has 0 spiro atoms. The number of hydrogen-bond acceptors (Lipinski definition) is 3. The SMILES string of the molecule is O=CNCCCNC(=O)NC=C1CCOCC1. The van der Waals surface area contributed by atoms with Crippen LogP contribution in [-0.4, -0.2) is 38.7 Å². The number of urea groups is 1. The summed E-state index contributed by atoms with van der Waals surface area (Å²) in [6.07, 6.45) is 4.88. The Bertz CT molecular complexity index is 271. The molecule has 1 aliphatic heterocycles. The fraction of sp³-hybridized carbons (Fsp3) is 0.636. The summed E-state index contributed by atoms with van der Waals surface area (Å²) in [5.41, 5.74) is 1.20. The summed E-state index contributed by atoms with van der Waals surface area (Å²) in [4.78, 5) is 21.3. The molecule has 3 N–H and O–H groups in total. The fourth-order valence-corrected chi connectivity index (χ4v) is 1.45. The lowest BCUT2D eigenvalue weighted by Gasteiger charge is -2.14. The van der Waals surface area contributed by atoms with Crippen molar-refractivity contribution in [2.75, 3.05) is 26.3 Å². The molecule has 1 aliphatic rings. The number of hydrogen-bond donors (Lipinski definition) is 3. The van der Waals surface area contributed by atoms with Crippen molar-refractivity contribution in [3.05, 3.63) is 11.8 Å². The molecule has 0 aromatic heterocycles. The van der Waals surface area contributed by atoms with Crippen LogP contribution in [0.1, 0.15) is 19.3 Å². The first-order chi connectivity index (χ1) is 8.33. The molecule has 6 nitrogen and oxygen atoms in total. The Labute approximate surface area is 101 Å². The molecular weight excluding hydrogens is 222 g/mol. The average Bonchev–Trinajstić information content (AvgIpc) is 2.37. The van der Waals surface area contributed by atoms with E-state index in [-0.39, 0.29) is 6.03 Å². The van der Waals surface area contributed by atoms with Crippen LogP contribution in [-0.2, 0) is 9.53 Å². The zero-order valence-corrected chi connectivity index (χ0v) is 9.83. The van der Waals surface area contributed by atoms with Crippen molar-refractivity contribution in [3.8, 4) is 0 Å². The standard InChI is InChI=1S/C11H19N3O3/c15-9-12-4-1-5-13-11(16)14-8-10-2-6-17-7-3-10/h8-9H,1-7H2,(H,12,15)(H2,13,14,16). The van der Waals surface area contributed by atoms with Gasteiger partial charge < -0.3 is 20.7 Å². The Morgan fingerprint density at radius 3 is 2.76 bits per heavy atom. The molecule has 1 rings (SSSR count). The van der Waals surface area contributed by atoms with Crippen LogP contribution in [0, 0.1) is 0 Å². The molecule has 0 aromatic rings. The molecule has 96 valence electrons. The molecule has 1 fully saturated rings. The highest BCUT2D eigenvalue weighted by atomic mass is 16.5.